The highest BCUT2D eigenvalue weighted by molar-refractivity contribution is 5.89. The van der Waals surface area contributed by atoms with Gasteiger partial charge in [0.2, 0.25) is 5.91 Å². The van der Waals surface area contributed by atoms with Crippen LogP contribution in [0.1, 0.15) is 41.5 Å². The van der Waals surface area contributed by atoms with Crippen LogP contribution in [0.5, 0.6) is 0 Å². The van der Waals surface area contributed by atoms with Gasteiger partial charge in [-0.3, -0.25) is 9.59 Å². The molecule has 0 aliphatic carbocycles. The summed E-state index contributed by atoms with van der Waals surface area (Å²) in [7, 11) is 0. The maximum atomic E-state index is 12.0. The van der Waals surface area contributed by atoms with Crippen LogP contribution >= 0.6 is 0 Å². The average molecular weight is 288 g/mol. The summed E-state index contributed by atoms with van der Waals surface area (Å²) in [4.78, 5) is 34.3. The summed E-state index contributed by atoms with van der Waals surface area (Å²) in [6.45, 7) is 9.97. The maximum Gasteiger partial charge on any atom is 0.408 e. The number of carbonyl (C=O) groups is 3. The second kappa shape index (κ2) is 7.12. The van der Waals surface area contributed by atoms with Gasteiger partial charge in [-0.25, -0.2) is 4.79 Å². The van der Waals surface area contributed by atoms with Crippen LogP contribution in [-0.4, -0.2) is 40.8 Å². The smallest absolute Gasteiger partial charge is 0.408 e. The molecule has 0 saturated carbocycles. The Morgan fingerprint density at radius 1 is 1.05 bits per heavy atom. The van der Waals surface area contributed by atoms with E-state index >= 15 is 0 Å². The first-order valence-electron chi connectivity index (χ1n) is 6.46. The molecule has 0 aromatic heterocycles. The molecule has 0 saturated heterocycles. The van der Waals surface area contributed by atoms with Crippen LogP contribution in [0.4, 0.5) is 4.79 Å². The van der Waals surface area contributed by atoms with Crippen molar-refractivity contribution in [2.45, 2.75) is 59.2 Å². The predicted molar refractivity (Wildman–Crippen MR) is 73.2 cm³/mol. The molecule has 2 atom stereocenters. The average Bonchev–Trinajstić information content (AvgIpc) is 2.22. The lowest BCUT2D eigenvalue weighted by atomic mass is 10.0. The van der Waals surface area contributed by atoms with Crippen LogP contribution in [0.25, 0.3) is 0 Å². The van der Waals surface area contributed by atoms with Gasteiger partial charge in [-0.05, 0) is 33.6 Å². The van der Waals surface area contributed by atoms with E-state index in [9.17, 15) is 14.4 Å². The van der Waals surface area contributed by atoms with Gasteiger partial charge in [0.05, 0.1) is 0 Å². The topological polar surface area (TPSA) is 105 Å². The highest BCUT2D eigenvalue weighted by Gasteiger charge is 2.28. The number of rotatable bonds is 5. The molecule has 20 heavy (non-hydrogen) atoms. The standard InChI is InChI=1S/C13H24N2O5/c1-7(2)9(10(16)14-8(3)11(17)18)15-12(19)20-13(4,5)6/h7-9H,1-6H3,(H,14,16)(H,15,19)(H,17,18)/t8-,9+/m1/s1. The van der Waals surface area contributed by atoms with Gasteiger partial charge in [-0.2, -0.15) is 0 Å². The maximum absolute atomic E-state index is 12.0. The third-order valence-corrected chi connectivity index (χ3v) is 2.35. The number of alkyl carbamates (subject to hydrolysis) is 1. The molecule has 116 valence electrons. The Hall–Kier alpha value is -1.79. The number of carboxylic acid groups (broad SMARTS) is 1. The Balaban J connectivity index is 4.69. The minimum atomic E-state index is -1.14. The van der Waals surface area contributed by atoms with Crippen molar-refractivity contribution in [3.8, 4) is 0 Å². The molecule has 7 heteroatoms. The zero-order valence-electron chi connectivity index (χ0n) is 12.8. The highest BCUT2D eigenvalue weighted by Crippen LogP contribution is 2.09. The Labute approximate surface area is 119 Å². The first-order chi connectivity index (χ1) is 8.94. The molecule has 0 aliphatic heterocycles. The number of nitrogens with one attached hydrogen (secondary N) is 2. The van der Waals surface area contributed by atoms with Crippen LogP contribution in [-0.2, 0) is 14.3 Å². The van der Waals surface area contributed by atoms with E-state index in [0.29, 0.717) is 0 Å². The summed E-state index contributed by atoms with van der Waals surface area (Å²) in [5.41, 5.74) is -0.670. The molecule has 0 bridgehead atoms. The van der Waals surface area contributed by atoms with Crippen LogP contribution in [0.15, 0.2) is 0 Å². The Morgan fingerprint density at radius 2 is 1.55 bits per heavy atom. The van der Waals surface area contributed by atoms with E-state index in [-0.39, 0.29) is 5.92 Å². The van der Waals surface area contributed by atoms with Crippen molar-refractivity contribution in [2.24, 2.45) is 5.92 Å². The molecule has 0 aromatic carbocycles. The van der Waals surface area contributed by atoms with Crippen molar-refractivity contribution in [3.63, 3.8) is 0 Å². The van der Waals surface area contributed by atoms with E-state index in [1.807, 2.05) is 0 Å². The van der Waals surface area contributed by atoms with Gasteiger partial charge in [-0.1, -0.05) is 13.8 Å². The fourth-order valence-electron chi connectivity index (χ4n) is 1.33. The van der Waals surface area contributed by atoms with Crippen LogP contribution in [0, 0.1) is 5.92 Å². The lowest BCUT2D eigenvalue weighted by molar-refractivity contribution is -0.141. The Morgan fingerprint density at radius 3 is 1.90 bits per heavy atom. The second-order valence-electron chi connectivity index (χ2n) is 5.94. The van der Waals surface area contributed by atoms with E-state index in [1.165, 1.54) is 6.92 Å². The van der Waals surface area contributed by atoms with Crippen molar-refractivity contribution in [1.82, 2.24) is 10.6 Å². The van der Waals surface area contributed by atoms with E-state index in [1.54, 1.807) is 34.6 Å². The molecule has 0 spiro atoms. The number of carbonyl (C=O) groups excluding carboxylic acids is 2. The van der Waals surface area contributed by atoms with Crippen LogP contribution < -0.4 is 10.6 Å². The lowest BCUT2D eigenvalue weighted by Gasteiger charge is -2.25. The quantitative estimate of drug-likeness (QED) is 0.703. The van der Waals surface area contributed by atoms with Gasteiger partial charge in [0.25, 0.3) is 0 Å². The normalized spacial score (nSPS) is 14.3. The number of amides is 2. The number of hydrogen-bond acceptors (Lipinski definition) is 4. The van der Waals surface area contributed by atoms with Crippen molar-refractivity contribution in [2.75, 3.05) is 0 Å². The first-order valence-corrected chi connectivity index (χ1v) is 6.46. The zero-order chi connectivity index (χ0) is 16.1. The molecule has 0 rings (SSSR count). The Kier molecular flexibility index (Phi) is 6.48. The van der Waals surface area contributed by atoms with Gasteiger partial charge >= 0.3 is 12.1 Å². The first kappa shape index (κ1) is 18.2. The summed E-state index contributed by atoms with van der Waals surface area (Å²) in [5.74, 6) is -1.90. The predicted octanol–water partition coefficient (Wildman–Crippen LogP) is 1.12. The van der Waals surface area contributed by atoms with E-state index < -0.39 is 35.7 Å². The number of aliphatic carboxylic acids is 1. The SMILES string of the molecule is CC(C)[C@H](NC(=O)OC(C)(C)C)C(=O)N[C@H](C)C(=O)O. The molecule has 0 aromatic rings. The molecular formula is C13H24N2O5. The zero-order valence-corrected chi connectivity index (χ0v) is 12.8. The summed E-state index contributed by atoms with van der Waals surface area (Å²) in [6, 6.07) is -1.88. The van der Waals surface area contributed by atoms with Crippen molar-refractivity contribution >= 4 is 18.0 Å². The molecule has 0 radical (unpaired) electrons. The van der Waals surface area contributed by atoms with Gasteiger partial charge in [-0.15, -0.1) is 0 Å². The largest absolute Gasteiger partial charge is 0.480 e. The number of ether oxygens (including phenoxy) is 1. The van der Waals surface area contributed by atoms with E-state index in [4.69, 9.17) is 9.84 Å². The fourth-order valence-corrected chi connectivity index (χ4v) is 1.33. The third kappa shape index (κ3) is 6.96. The fraction of sp³-hybridized carbons (Fsp3) is 0.769. The minimum absolute atomic E-state index is 0.205. The molecule has 0 unspecified atom stereocenters. The molecular weight excluding hydrogens is 264 g/mol. The van der Waals surface area contributed by atoms with Gasteiger partial charge in [0.15, 0.2) is 0 Å². The minimum Gasteiger partial charge on any atom is -0.480 e. The summed E-state index contributed by atoms with van der Waals surface area (Å²) in [5, 5.41) is 13.5. The van der Waals surface area contributed by atoms with Crippen LogP contribution in [0.2, 0.25) is 0 Å². The Bertz CT molecular complexity index is 373. The van der Waals surface area contributed by atoms with Gasteiger partial charge < -0.3 is 20.5 Å². The number of hydrogen-bond donors (Lipinski definition) is 3. The van der Waals surface area contributed by atoms with Gasteiger partial charge in [0.1, 0.15) is 17.7 Å². The van der Waals surface area contributed by atoms with E-state index in [2.05, 4.69) is 10.6 Å². The highest BCUT2D eigenvalue weighted by atomic mass is 16.6. The molecule has 0 heterocycles. The molecule has 7 nitrogen and oxygen atoms in total. The summed E-state index contributed by atoms with van der Waals surface area (Å²) < 4.78 is 5.07. The lowest BCUT2D eigenvalue weighted by Crippen LogP contribution is -2.53. The monoisotopic (exact) mass is 288 g/mol. The van der Waals surface area contributed by atoms with Crippen molar-refractivity contribution in [1.29, 1.82) is 0 Å². The molecule has 2 amide bonds. The summed E-state index contributed by atoms with van der Waals surface area (Å²) in [6.07, 6.45) is -0.714. The molecule has 0 aliphatic rings. The molecule has 0 fully saturated rings. The number of carboxylic acids is 1. The third-order valence-electron chi connectivity index (χ3n) is 2.35. The van der Waals surface area contributed by atoms with Crippen molar-refractivity contribution in [3.05, 3.63) is 0 Å². The summed E-state index contributed by atoms with van der Waals surface area (Å²) >= 11 is 0. The van der Waals surface area contributed by atoms with Crippen molar-refractivity contribution < 1.29 is 24.2 Å². The van der Waals surface area contributed by atoms with E-state index in [0.717, 1.165) is 0 Å². The molecule has 3 N–H and O–H groups in total. The van der Waals surface area contributed by atoms with Gasteiger partial charge in [0, 0.05) is 0 Å². The van der Waals surface area contributed by atoms with Crippen LogP contribution in [0.3, 0.4) is 0 Å². The second-order valence-corrected chi connectivity index (χ2v) is 5.94.